The van der Waals surface area contributed by atoms with E-state index in [1.807, 2.05) is 0 Å². The lowest BCUT2D eigenvalue weighted by Gasteiger charge is -2.10. The molecule has 0 N–H and O–H groups in total. The van der Waals surface area contributed by atoms with Crippen LogP contribution in [-0.2, 0) is 21.4 Å². The minimum Gasteiger partial charge on any atom is -0.285 e. The van der Waals surface area contributed by atoms with Gasteiger partial charge in [0.05, 0.1) is 0 Å². The number of aromatic nitrogens is 2. The van der Waals surface area contributed by atoms with Crippen LogP contribution < -0.4 is 4.90 Å². The monoisotopic (exact) mass is 321 g/mol. The SMILES string of the molecule is CCCCCc1nnc(N2CC(S(=O)(=O)F)CC2=O)s1. The number of halogens is 1. The summed E-state index contributed by atoms with van der Waals surface area (Å²) in [6.07, 6.45) is 3.66. The van der Waals surface area contributed by atoms with Crippen LogP contribution in [0.25, 0.3) is 0 Å². The fourth-order valence-corrected chi connectivity index (χ4v) is 3.61. The molecule has 1 amide bonds. The molecule has 1 aromatic heterocycles. The van der Waals surface area contributed by atoms with Gasteiger partial charge in [-0.15, -0.1) is 14.1 Å². The van der Waals surface area contributed by atoms with Crippen LogP contribution in [-0.4, -0.2) is 36.3 Å². The molecular weight excluding hydrogens is 305 g/mol. The molecule has 6 nitrogen and oxygen atoms in total. The molecule has 1 unspecified atom stereocenters. The molecule has 0 saturated carbocycles. The van der Waals surface area contributed by atoms with E-state index in [0.29, 0.717) is 5.13 Å². The zero-order valence-electron chi connectivity index (χ0n) is 11.1. The zero-order valence-corrected chi connectivity index (χ0v) is 12.7. The van der Waals surface area contributed by atoms with Crippen LogP contribution in [0.1, 0.15) is 37.6 Å². The first-order valence-corrected chi connectivity index (χ1v) is 8.74. The lowest BCUT2D eigenvalue weighted by Crippen LogP contribution is -2.26. The maximum atomic E-state index is 12.9. The van der Waals surface area contributed by atoms with Crippen LogP contribution in [0.5, 0.6) is 0 Å². The molecule has 2 rings (SSSR count). The van der Waals surface area contributed by atoms with E-state index < -0.39 is 21.4 Å². The molecule has 1 fully saturated rings. The number of amides is 1. The lowest BCUT2D eigenvalue weighted by atomic mass is 10.2. The summed E-state index contributed by atoms with van der Waals surface area (Å²) in [5, 5.41) is 7.76. The van der Waals surface area contributed by atoms with Crippen LogP contribution >= 0.6 is 11.3 Å². The molecule has 1 aliphatic rings. The Balaban J connectivity index is 2.03. The van der Waals surface area contributed by atoms with Crippen molar-refractivity contribution in [2.24, 2.45) is 0 Å². The zero-order chi connectivity index (χ0) is 14.8. The van der Waals surface area contributed by atoms with Gasteiger partial charge in [0.15, 0.2) is 0 Å². The number of rotatable bonds is 6. The van der Waals surface area contributed by atoms with Crippen molar-refractivity contribution in [3.63, 3.8) is 0 Å². The first-order chi connectivity index (χ1) is 9.41. The minimum atomic E-state index is -4.69. The van der Waals surface area contributed by atoms with Crippen LogP contribution in [0, 0.1) is 0 Å². The highest BCUT2D eigenvalue weighted by molar-refractivity contribution is 7.87. The second-order valence-corrected chi connectivity index (χ2v) is 7.40. The molecule has 1 atom stereocenters. The Hall–Kier alpha value is -1.09. The Kier molecular flexibility index (Phi) is 4.69. The topological polar surface area (TPSA) is 80.2 Å². The molecule has 0 radical (unpaired) electrons. The largest absolute Gasteiger partial charge is 0.307 e. The Labute approximate surface area is 121 Å². The Morgan fingerprint density at radius 2 is 2.15 bits per heavy atom. The number of nitrogens with zero attached hydrogens (tertiary/aromatic N) is 3. The molecule has 0 aliphatic carbocycles. The molecule has 1 aliphatic heterocycles. The third kappa shape index (κ3) is 3.51. The van der Waals surface area contributed by atoms with Crippen molar-refractivity contribution in [1.29, 1.82) is 0 Å². The van der Waals surface area contributed by atoms with E-state index in [0.717, 1.165) is 30.7 Å². The van der Waals surface area contributed by atoms with Gasteiger partial charge in [0.2, 0.25) is 11.0 Å². The molecule has 0 aromatic carbocycles. The first-order valence-electron chi connectivity index (χ1n) is 6.48. The van der Waals surface area contributed by atoms with Gasteiger partial charge in [-0.3, -0.25) is 9.69 Å². The van der Waals surface area contributed by atoms with Gasteiger partial charge in [-0.2, -0.15) is 8.42 Å². The summed E-state index contributed by atoms with van der Waals surface area (Å²) in [5.74, 6) is -0.424. The number of hydrogen-bond acceptors (Lipinski definition) is 6. The van der Waals surface area contributed by atoms with Gasteiger partial charge in [0, 0.05) is 19.4 Å². The highest BCUT2D eigenvalue weighted by atomic mass is 32.3. The summed E-state index contributed by atoms with van der Waals surface area (Å²) >= 11 is 1.26. The minimum absolute atomic E-state index is 0.179. The predicted octanol–water partition coefficient (Wildman–Crippen LogP) is 1.68. The van der Waals surface area contributed by atoms with Crippen molar-refractivity contribution >= 4 is 32.6 Å². The highest BCUT2D eigenvalue weighted by Crippen LogP contribution is 2.28. The Bertz CT molecular complexity index is 587. The van der Waals surface area contributed by atoms with Gasteiger partial charge < -0.3 is 0 Å². The fraction of sp³-hybridized carbons (Fsp3) is 0.727. The summed E-state index contributed by atoms with van der Waals surface area (Å²) in [5.41, 5.74) is 0. The number of carbonyl (C=O) groups is 1. The smallest absolute Gasteiger partial charge is 0.285 e. The Morgan fingerprint density at radius 1 is 1.40 bits per heavy atom. The van der Waals surface area contributed by atoms with Gasteiger partial charge in [-0.25, -0.2) is 0 Å². The summed E-state index contributed by atoms with van der Waals surface area (Å²) in [6, 6.07) is 0. The summed E-state index contributed by atoms with van der Waals surface area (Å²) in [7, 11) is -4.69. The number of aryl methyl sites for hydroxylation is 1. The van der Waals surface area contributed by atoms with E-state index >= 15 is 0 Å². The van der Waals surface area contributed by atoms with Crippen molar-refractivity contribution in [2.75, 3.05) is 11.4 Å². The van der Waals surface area contributed by atoms with E-state index in [9.17, 15) is 17.1 Å². The van der Waals surface area contributed by atoms with Crippen molar-refractivity contribution in [3.8, 4) is 0 Å². The molecular formula is C11H16FN3O3S2. The Morgan fingerprint density at radius 3 is 2.75 bits per heavy atom. The molecule has 20 heavy (non-hydrogen) atoms. The summed E-state index contributed by atoms with van der Waals surface area (Å²) < 4.78 is 34.6. The molecule has 0 spiro atoms. The molecule has 0 bridgehead atoms. The predicted molar refractivity (Wildman–Crippen MR) is 73.9 cm³/mol. The van der Waals surface area contributed by atoms with Crippen LogP contribution in [0.4, 0.5) is 9.02 Å². The molecule has 2 heterocycles. The number of hydrogen-bond donors (Lipinski definition) is 0. The van der Waals surface area contributed by atoms with Gasteiger partial charge in [-0.1, -0.05) is 31.1 Å². The van der Waals surface area contributed by atoms with Gasteiger partial charge >= 0.3 is 10.2 Å². The van der Waals surface area contributed by atoms with E-state index in [4.69, 9.17) is 0 Å². The second-order valence-electron chi connectivity index (χ2n) is 4.74. The van der Waals surface area contributed by atoms with Crippen LogP contribution in [0.2, 0.25) is 0 Å². The molecule has 9 heteroatoms. The average Bonchev–Trinajstić information content (AvgIpc) is 2.95. The van der Waals surface area contributed by atoms with E-state index in [2.05, 4.69) is 17.1 Å². The van der Waals surface area contributed by atoms with Gasteiger partial charge in [-0.05, 0) is 6.42 Å². The van der Waals surface area contributed by atoms with Crippen LogP contribution in [0.15, 0.2) is 0 Å². The normalized spacial score (nSPS) is 19.8. The first kappa shape index (κ1) is 15.3. The summed E-state index contributed by atoms with van der Waals surface area (Å²) in [4.78, 5) is 12.9. The van der Waals surface area contributed by atoms with E-state index in [1.54, 1.807) is 0 Å². The fourth-order valence-electron chi connectivity index (χ4n) is 2.03. The van der Waals surface area contributed by atoms with Crippen molar-refractivity contribution < 1.29 is 17.1 Å². The standard InChI is InChI=1S/C11H16FN3O3S2/c1-2-3-4-5-9-13-14-11(19-9)15-7-8(6-10(15)16)20(12,17)18/h8H,2-7H2,1H3. The van der Waals surface area contributed by atoms with Crippen molar-refractivity contribution in [1.82, 2.24) is 10.2 Å². The third-order valence-electron chi connectivity index (χ3n) is 3.17. The number of carbonyl (C=O) groups excluding carboxylic acids is 1. The highest BCUT2D eigenvalue weighted by Gasteiger charge is 2.40. The number of unbranched alkanes of at least 4 members (excludes halogenated alkanes) is 2. The number of anilines is 1. The van der Waals surface area contributed by atoms with Crippen LogP contribution in [0.3, 0.4) is 0 Å². The third-order valence-corrected chi connectivity index (χ3v) is 5.29. The van der Waals surface area contributed by atoms with Gasteiger partial charge in [0.1, 0.15) is 10.3 Å². The molecule has 1 saturated heterocycles. The molecule has 1 aromatic rings. The molecule has 112 valence electrons. The summed E-state index contributed by atoms with van der Waals surface area (Å²) in [6.45, 7) is 1.92. The van der Waals surface area contributed by atoms with E-state index in [-0.39, 0.29) is 13.0 Å². The second kappa shape index (κ2) is 6.13. The lowest BCUT2D eigenvalue weighted by molar-refractivity contribution is -0.117. The average molecular weight is 321 g/mol. The van der Waals surface area contributed by atoms with Crippen molar-refractivity contribution in [2.45, 2.75) is 44.3 Å². The van der Waals surface area contributed by atoms with E-state index in [1.165, 1.54) is 16.2 Å². The quantitative estimate of drug-likeness (QED) is 0.588. The van der Waals surface area contributed by atoms with Gasteiger partial charge in [0.25, 0.3) is 0 Å². The maximum absolute atomic E-state index is 12.9. The van der Waals surface area contributed by atoms with Crippen molar-refractivity contribution in [3.05, 3.63) is 5.01 Å². The maximum Gasteiger partial charge on any atom is 0.307 e.